The minimum absolute atomic E-state index is 0.0986. The van der Waals surface area contributed by atoms with Crippen LogP contribution in [0.25, 0.3) is 10.9 Å². The number of esters is 3. The molecule has 15 nitrogen and oxygen atoms in total. The highest BCUT2D eigenvalue weighted by atomic mass is 32.2. The number of anilines is 1. The molecule has 2 aromatic carbocycles. The molecule has 6 heterocycles. The zero-order valence-electron chi connectivity index (χ0n) is 37.3. The number of carbonyl (C=O) groups is 3. The standard InChI is InChI=1S/C46H58N4O9.CH3O2S/c1-8-42(54)23-28-24-45(40(52)57-6,36-30(15-19-49(25-28)26-42)29-13-10-11-14-33(29)47-36)32-21-31-34(22-35(32)56-5)48(4)38-44(31)17-20-50-18-12-16-43(9-2,37(44)50)39(59-27(3)51)46(38,55)41(53)58-7;1-4(2)3/h10-14,16,21-22,28,37-39,47,54-55H,8-9,15,17-20,23-26H2,1-7H3;1H2,(H,2,3)/q;-1/t28-,37-,38+,39+,42-,43+,44+,45-,46-;/m0./s1. The predicted octanol–water partition coefficient (Wildman–Crippen LogP) is 3.85. The third kappa shape index (κ3) is 6.48. The Morgan fingerprint density at radius 3 is 2.35 bits per heavy atom. The number of fused-ring (bicyclic) bond motifs is 6. The molecule has 10 atom stereocenters. The number of aromatic nitrogens is 1. The lowest BCUT2D eigenvalue weighted by atomic mass is 9.47. The number of likely N-dealkylation sites (N-methyl/N-ethyl adjacent to an activating group) is 1. The van der Waals surface area contributed by atoms with Crippen molar-refractivity contribution in [3.05, 3.63) is 70.9 Å². The van der Waals surface area contributed by atoms with Gasteiger partial charge in [0.15, 0.2) is 6.10 Å². The fourth-order valence-electron chi connectivity index (χ4n) is 13.5. The number of nitrogens with zero attached hydrogens (tertiary/aromatic N) is 3. The van der Waals surface area contributed by atoms with Crippen LogP contribution in [0.4, 0.5) is 5.69 Å². The highest BCUT2D eigenvalue weighted by Gasteiger charge is 2.80. The van der Waals surface area contributed by atoms with Crippen molar-refractivity contribution in [2.45, 2.75) is 99.5 Å². The van der Waals surface area contributed by atoms with Crippen LogP contribution in [0.1, 0.15) is 75.3 Å². The number of piperidine rings is 1. The summed E-state index contributed by atoms with van der Waals surface area (Å²) in [6.45, 7) is 8.62. The molecule has 3 fully saturated rings. The molecule has 6 aliphatic rings. The Bertz CT molecular complexity index is 2430. The Labute approximate surface area is 370 Å². The second kappa shape index (κ2) is 16.2. The van der Waals surface area contributed by atoms with Crippen LogP contribution in [0.5, 0.6) is 5.75 Å². The molecule has 1 aliphatic carbocycles. The van der Waals surface area contributed by atoms with Gasteiger partial charge >= 0.3 is 17.9 Å². The third-order valence-electron chi connectivity index (χ3n) is 15.6. The second-order valence-electron chi connectivity index (χ2n) is 18.5. The first-order chi connectivity index (χ1) is 30.0. The minimum Gasteiger partial charge on any atom is -0.496 e. The number of rotatable bonds is 7. The van der Waals surface area contributed by atoms with E-state index in [1.165, 1.54) is 21.1 Å². The predicted molar refractivity (Wildman–Crippen MR) is 238 cm³/mol. The quantitative estimate of drug-likeness (QED) is 0.0669. The lowest BCUT2D eigenvalue weighted by Gasteiger charge is -2.63. The van der Waals surface area contributed by atoms with Crippen molar-refractivity contribution in [2.24, 2.45) is 11.3 Å². The molecule has 2 saturated heterocycles. The van der Waals surface area contributed by atoms with Crippen LogP contribution in [0.2, 0.25) is 0 Å². The van der Waals surface area contributed by atoms with E-state index in [2.05, 4.69) is 44.9 Å². The van der Waals surface area contributed by atoms with Crippen molar-refractivity contribution in [3.63, 3.8) is 0 Å². The highest BCUT2D eigenvalue weighted by molar-refractivity contribution is 7.76. The summed E-state index contributed by atoms with van der Waals surface area (Å²) in [6, 6.07) is 11.0. The van der Waals surface area contributed by atoms with E-state index < -0.39 is 68.2 Å². The lowest BCUT2D eigenvalue weighted by molar-refractivity contribution is -0.228. The molecule has 4 N–H and O–H groups in total. The number of hydrogen-bond acceptors (Lipinski definition) is 14. The summed E-state index contributed by atoms with van der Waals surface area (Å²) in [6.07, 6.45) is 5.94. The number of benzene rings is 2. The maximum absolute atomic E-state index is 15.3. The number of ether oxygens (including phenoxy) is 4. The van der Waals surface area contributed by atoms with Crippen LogP contribution < -0.4 is 9.64 Å². The lowest BCUT2D eigenvalue weighted by Crippen LogP contribution is -2.81. The molecule has 1 unspecified atom stereocenters. The van der Waals surface area contributed by atoms with Crippen molar-refractivity contribution in [2.75, 3.05) is 66.0 Å². The van der Waals surface area contributed by atoms with Gasteiger partial charge in [0, 0.05) is 90.9 Å². The first-order valence-electron chi connectivity index (χ1n) is 21.9. The van der Waals surface area contributed by atoms with E-state index in [1.807, 2.05) is 50.1 Å². The number of nitrogens with one attached hydrogen (secondary N) is 1. The summed E-state index contributed by atoms with van der Waals surface area (Å²) in [7, 11) is 4.29. The molecule has 1 saturated carbocycles. The van der Waals surface area contributed by atoms with E-state index in [4.69, 9.17) is 27.7 Å². The molecule has 0 radical (unpaired) electrons. The molecular weight excluding hydrogens is 829 g/mol. The molecule has 1 spiro atoms. The minimum atomic E-state index is -2.30. The number of para-hydroxylation sites is 1. The zero-order chi connectivity index (χ0) is 45.4. The summed E-state index contributed by atoms with van der Waals surface area (Å²) in [5.41, 5.74) is -1.62. The first kappa shape index (κ1) is 45.1. The monoisotopic (exact) mass is 889 g/mol. The first-order valence-corrected chi connectivity index (χ1v) is 23.1. The Kier molecular flexibility index (Phi) is 11.6. The summed E-state index contributed by atoms with van der Waals surface area (Å²) < 4.78 is 40.4. The molecule has 2 bridgehead atoms. The van der Waals surface area contributed by atoms with E-state index in [0.717, 1.165) is 33.4 Å². The van der Waals surface area contributed by atoms with Gasteiger partial charge in [-0.2, -0.15) is 16.5 Å². The van der Waals surface area contributed by atoms with Crippen LogP contribution in [0, 0.1) is 11.3 Å². The van der Waals surface area contributed by atoms with E-state index in [1.54, 1.807) is 7.11 Å². The number of carbonyl (C=O) groups excluding carboxylic acids is 3. The Hall–Kier alpha value is -4.45. The molecule has 16 heteroatoms. The van der Waals surface area contributed by atoms with E-state index in [9.17, 15) is 19.8 Å². The third-order valence-corrected chi connectivity index (χ3v) is 15.6. The molecule has 3 aromatic rings. The SMILES string of the molecule is C=[S-](=O)O.CC[C@]1(O)C[C@@H]2CN(CCc3c([nH]c4ccccc34)[C@@](C(=O)OC)(c3cc4c(cc3OC)N(C)[C@H]3[C@@](O)(C(=O)OC)[C@H](OC(C)=O)[C@]5(CC)C=CCN6CC[C@]43[C@@H]65)C2)C1. The van der Waals surface area contributed by atoms with E-state index >= 15 is 4.79 Å². The Balaban J connectivity index is 0.00000131. The van der Waals surface area contributed by atoms with Crippen molar-refractivity contribution in [1.29, 1.82) is 0 Å². The second-order valence-corrected chi connectivity index (χ2v) is 19.2. The van der Waals surface area contributed by atoms with Crippen molar-refractivity contribution >= 4 is 51.0 Å². The zero-order valence-corrected chi connectivity index (χ0v) is 38.1. The van der Waals surface area contributed by atoms with Gasteiger partial charge in [0.05, 0.1) is 33.0 Å². The van der Waals surface area contributed by atoms with Gasteiger partial charge in [-0.05, 0) is 74.2 Å². The number of H-pyrrole nitrogens is 1. The summed E-state index contributed by atoms with van der Waals surface area (Å²) in [5, 5.41) is 26.3. The summed E-state index contributed by atoms with van der Waals surface area (Å²) >= 11 is 0. The summed E-state index contributed by atoms with van der Waals surface area (Å²) in [4.78, 5) is 53.2. The average Bonchev–Trinajstić information content (AvgIpc) is 3.92. The highest BCUT2D eigenvalue weighted by Crippen LogP contribution is 2.68. The van der Waals surface area contributed by atoms with Crippen molar-refractivity contribution in [3.8, 4) is 5.75 Å². The number of hydrogen-bond donors (Lipinski definition) is 4. The normalized spacial score (nSPS) is 35.2. The van der Waals surface area contributed by atoms with Gasteiger partial charge in [0.25, 0.3) is 0 Å². The van der Waals surface area contributed by atoms with E-state index in [0.29, 0.717) is 82.6 Å². The van der Waals surface area contributed by atoms with Gasteiger partial charge < -0.3 is 47.8 Å². The molecule has 63 heavy (non-hydrogen) atoms. The average molecular weight is 890 g/mol. The topological polar surface area (TPSA) is 191 Å². The molecule has 5 aliphatic heterocycles. The Morgan fingerprint density at radius 1 is 0.984 bits per heavy atom. The Morgan fingerprint density at radius 2 is 1.70 bits per heavy atom. The molecule has 9 rings (SSSR count). The van der Waals surface area contributed by atoms with Gasteiger partial charge in [-0.1, -0.05) is 44.2 Å². The van der Waals surface area contributed by atoms with Crippen LogP contribution in [0.15, 0.2) is 48.6 Å². The van der Waals surface area contributed by atoms with Gasteiger partial charge in [0.1, 0.15) is 11.2 Å². The molecule has 1 aromatic heterocycles. The van der Waals surface area contributed by atoms with Crippen molar-refractivity contribution in [1.82, 2.24) is 14.8 Å². The maximum Gasteiger partial charge on any atom is 0.344 e. The molecule has 0 amide bonds. The number of aliphatic hydroxyl groups is 2. The fourth-order valence-corrected chi connectivity index (χ4v) is 13.5. The van der Waals surface area contributed by atoms with Crippen LogP contribution in [-0.4, -0.2) is 144 Å². The van der Waals surface area contributed by atoms with Gasteiger partial charge in [0.2, 0.25) is 5.60 Å². The maximum atomic E-state index is 15.3. The fraction of sp³-hybridized carbons (Fsp3) is 0.574. The van der Waals surface area contributed by atoms with Crippen LogP contribution >= 0.6 is 0 Å². The number of methoxy groups -OCH3 is 3. The molecular formula is C47H61N4O11S-. The van der Waals surface area contributed by atoms with Crippen LogP contribution in [0.3, 0.4) is 0 Å². The summed E-state index contributed by atoms with van der Waals surface area (Å²) in [5.74, 6) is 1.10. The largest absolute Gasteiger partial charge is 0.496 e. The van der Waals surface area contributed by atoms with Crippen LogP contribution in [-0.2, 0) is 60.7 Å². The smallest absolute Gasteiger partial charge is 0.344 e. The van der Waals surface area contributed by atoms with Gasteiger partial charge in [-0.25, -0.2) is 4.79 Å². The number of aromatic amines is 1. The van der Waals surface area contributed by atoms with Gasteiger partial charge in [-0.15, -0.1) is 0 Å². The van der Waals surface area contributed by atoms with E-state index in [-0.39, 0.29) is 12.0 Å². The van der Waals surface area contributed by atoms with Crippen molar-refractivity contribution < 1.29 is 52.3 Å². The molecule has 342 valence electrons. The van der Waals surface area contributed by atoms with Gasteiger partial charge in [-0.3, -0.25) is 19.4 Å².